The van der Waals surface area contributed by atoms with Gasteiger partial charge in [0.1, 0.15) is 13.2 Å². The molecule has 24 heavy (non-hydrogen) atoms. The smallest absolute Gasteiger partial charge is 0.396 e. The van der Waals surface area contributed by atoms with Crippen LogP contribution in [-0.2, 0) is 9.47 Å². The molecule has 0 amide bonds. The maximum Gasteiger partial charge on any atom is 0.459 e. The van der Waals surface area contributed by atoms with E-state index in [1.165, 1.54) is 0 Å². The minimum Gasteiger partial charge on any atom is -0.396 e. The first-order valence-electron chi connectivity index (χ1n) is 5.92. The molecule has 3 nitrogen and oxygen atoms in total. The van der Waals surface area contributed by atoms with Gasteiger partial charge in [-0.1, -0.05) is 0 Å². The van der Waals surface area contributed by atoms with E-state index in [0.29, 0.717) is 0 Å². The number of hydrogen-bond donors (Lipinski definition) is 1. The molecule has 0 atom stereocenters. The van der Waals surface area contributed by atoms with E-state index in [1.54, 1.807) is 0 Å². The van der Waals surface area contributed by atoms with Crippen molar-refractivity contribution in [2.45, 2.75) is 36.5 Å². The molecule has 0 bridgehead atoms. The standard InChI is InChI=1S/C10H11F11O3/c11-6(12,8(15,16)9(17,18)19)5-24-10(20,21)7(13,14)4-23-3-1-2-22/h22H,1-5H2. The van der Waals surface area contributed by atoms with Crippen molar-refractivity contribution in [1.82, 2.24) is 0 Å². The van der Waals surface area contributed by atoms with Crippen molar-refractivity contribution >= 4 is 0 Å². The first kappa shape index (κ1) is 23.1. The maximum atomic E-state index is 13.0. The monoisotopic (exact) mass is 388 g/mol. The topological polar surface area (TPSA) is 38.7 Å². The van der Waals surface area contributed by atoms with E-state index in [9.17, 15) is 48.3 Å². The molecule has 0 aliphatic heterocycles. The number of ether oxygens (including phenoxy) is 2. The average molecular weight is 388 g/mol. The normalized spacial score (nSPS) is 15.0. The van der Waals surface area contributed by atoms with Gasteiger partial charge in [-0.25, -0.2) is 0 Å². The Labute approximate surface area is 127 Å². The van der Waals surface area contributed by atoms with Crippen LogP contribution < -0.4 is 0 Å². The van der Waals surface area contributed by atoms with Crippen LogP contribution in [0.3, 0.4) is 0 Å². The minimum absolute atomic E-state index is 0.238. The summed E-state index contributed by atoms with van der Waals surface area (Å²) in [5.41, 5.74) is 0. The summed E-state index contributed by atoms with van der Waals surface area (Å²) in [5, 5.41) is 8.28. The van der Waals surface area contributed by atoms with Gasteiger partial charge in [0.15, 0.2) is 0 Å². The maximum absolute atomic E-state index is 13.0. The lowest BCUT2D eigenvalue weighted by Gasteiger charge is -2.31. The molecule has 0 fully saturated rings. The molecule has 0 saturated heterocycles. The predicted molar refractivity (Wildman–Crippen MR) is 54.3 cm³/mol. The van der Waals surface area contributed by atoms with E-state index in [4.69, 9.17) is 5.11 Å². The van der Waals surface area contributed by atoms with E-state index >= 15 is 0 Å². The first-order valence-corrected chi connectivity index (χ1v) is 5.92. The van der Waals surface area contributed by atoms with Crippen LogP contribution in [-0.4, -0.2) is 61.6 Å². The summed E-state index contributed by atoms with van der Waals surface area (Å²) in [6.45, 7) is -6.61. The SMILES string of the molecule is OCCCOCC(F)(F)C(F)(F)OCC(F)(F)C(F)(F)C(F)(F)F. The van der Waals surface area contributed by atoms with Gasteiger partial charge in [-0.3, -0.25) is 0 Å². The summed E-state index contributed by atoms with van der Waals surface area (Å²) in [7, 11) is 0. The van der Waals surface area contributed by atoms with E-state index in [2.05, 4.69) is 9.47 Å². The Morgan fingerprint density at radius 1 is 0.708 bits per heavy atom. The van der Waals surface area contributed by atoms with Crippen molar-refractivity contribution in [3.05, 3.63) is 0 Å². The molecule has 0 heterocycles. The van der Waals surface area contributed by atoms with Crippen LogP contribution in [0.2, 0.25) is 0 Å². The van der Waals surface area contributed by atoms with E-state index in [0.717, 1.165) is 0 Å². The van der Waals surface area contributed by atoms with Gasteiger partial charge in [0.2, 0.25) is 0 Å². The van der Waals surface area contributed by atoms with Gasteiger partial charge < -0.3 is 14.6 Å². The molecule has 0 aliphatic rings. The van der Waals surface area contributed by atoms with Crippen molar-refractivity contribution < 1.29 is 62.9 Å². The number of hydrogen-bond acceptors (Lipinski definition) is 3. The van der Waals surface area contributed by atoms with Gasteiger partial charge in [-0.05, 0) is 6.42 Å². The van der Waals surface area contributed by atoms with Crippen molar-refractivity contribution in [1.29, 1.82) is 0 Å². The Balaban J connectivity index is 4.92. The zero-order valence-electron chi connectivity index (χ0n) is 11.5. The van der Waals surface area contributed by atoms with Crippen LogP contribution >= 0.6 is 0 Å². The molecule has 0 aromatic carbocycles. The van der Waals surface area contributed by atoms with E-state index < -0.39 is 56.5 Å². The molecule has 146 valence electrons. The Kier molecular flexibility index (Phi) is 7.28. The van der Waals surface area contributed by atoms with Gasteiger partial charge >= 0.3 is 30.1 Å². The van der Waals surface area contributed by atoms with Crippen molar-refractivity contribution in [2.24, 2.45) is 0 Å². The Morgan fingerprint density at radius 3 is 1.62 bits per heavy atom. The lowest BCUT2D eigenvalue weighted by atomic mass is 10.2. The Hall–Kier alpha value is -0.890. The van der Waals surface area contributed by atoms with Gasteiger partial charge in [0.05, 0.1) is 0 Å². The molecule has 0 spiro atoms. The summed E-state index contributed by atoms with van der Waals surface area (Å²) in [4.78, 5) is 0. The summed E-state index contributed by atoms with van der Waals surface area (Å²) in [6.07, 6.45) is -12.9. The average Bonchev–Trinajstić information content (AvgIpc) is 2.40. The van der Waals surface area contributed by atoms with Crippen molar-refractivity contribution in [2.75, 3.05) is 26.4 Å². The highest BCUT2D eigenvalue weighted by molar-refractivity contribution is 4.91. The van der Waals surface area contributed by atoms with Crippen LogP contribution in [0.25, 0.3) is 0 Å². The number of halogens is 11. The van der Waals surface area contributed by atoms with Crippen molar-refractivity contribution in [3.8, 4) is 0 Å². The summed E-state index contributed by atoms with van der Waals surface area (Å²) in [5.74, 6) is -18.3. The molecule has 0 radical (unpaired) electrons. The molecule has 0 aliphatic carbocycles. The Morgan fingerprint density at radius 2 is 1.21 bits per heavy atom. The highest BCUT2D eigenvalue weighted by Gasteiger charge is 2.74. The number of alkyl halides is 11. The second-order valence-electron chi connectivity index (χ2n) is 4.42. The second kappa shape index (κ2) is 7.56. The molecule has 1 N–H and O–H groups in total. The summed E-state index contributed by atoms with van der Waals surface area (Å²) < 4.78 is 144. The Bertz CT molecular complexity index is 394. The van der Waals surface area contributed by atoms with Gasteiger partial charge in [-0.2, -0.15) is 48.3 Å². The number of aliphatic hydroxyl groups excluding tert-OH is 1. The van der Waals surface area contributed by atoms with Crippen LogP contribution in [0, 0.1) is 0 Å². The lowest BCUT2D eigenvalue weighted by Crippen LogP contribution is -2.56. The molecular formula is C10H11F11O3. The molecule has 14 heteroatoms. The van der Waals surface area contributed by atoms with Crippen LogP contribution in [0.4, 0.5) is 48.3 Å². The quantitative estimate of drug-likeness (QED) is 0.460. The zero-order chi connectivity index (χ0) is 19.4. The highest BCUT2D eigenvalue weighted by Crippen LogP contribution is 2.47. The van der Waals surface area contributed by atoms with E-state index in [1.807, 2.05) is 0 Å². The number of aliphatic hydroxyl groups is 1. The number of rotatable bonds is 10. The third kappa shape index (κ3) is 5.31. The lowest BCUT2D eigenvalue weighted by molar-refractivity contribution is -0.400. The minimum atomic E-state index is -6.81. The van der Waals surface area contributed by atoms with Gasteiger partial charge in [0.25, 0.3) is 0 Å². The van der Waals surface area contributed by atoms with Gasteiger partial charge in [0, 0.05) is 13.2 Å². The predicted octanol–water partition coefficient (Wildman–Crippen LogP) is 3.46. The van der Waals surface area contributed by atoms with Crippen LogP contribution in [0.5, 0.6) is 0 Å². The second-order valence-corrected chi connectivity index (χ2v) is 4.42. The summed E-state index contributed by atoms with van der Waals surface area (Å²) >= 11 is 0. The highest BCUT2D eigenvalue weighted by atomic mass is 19.4. The molecular weight excluding hydrogens is 377 g/mol. The van der Waals surface area contributed by atoms with Crippen LogP contribution in [0.1, 0.15) is 6.42 Å². The first-order chi connectivity index (χ1) is 10.5. The molecule has 0 rings (SSSR count). The molecule has 0 saturated carbocycles. The molecule has 0 aromatic rings. The molecule has 0 aromatic heterocycles. The van der Waals surface area contributed by atoms with Crippen molar-refractivity contribution in [3.63, 3.8) is 0 Å². The van der Waals surface area contributed by atoms with Crippen LogP contribution in [0.15, 0.2) is 0 Å². The third-order valence-electron chi connectivity index (χ3n) is 2.41. The fourth-order valence-electron chi connectivity index (χ4n) is 1.04. The zero-order valence-corrected chi connectivity index (χ0v) is 11.5. The molecule has 0 unspecified atom stereocenters. The third-order valence-corrected chi connectivity index (χ3v) is 2.41. The fourth-order valence-corrected chi connectivity index (χ4v) is 1.04. The largest absolute Gasteiger partial charge is 0.459 e. The van der Waals surface area contributed by atoms with E-state index in [-0.39, 0.29) is 6.42 Å². The summed E-state index contributed by atoms with van der Waals surface area (Å²) in [6, 6.07) is 0. The van der Waals surface area contributed by atoms with Gasteiger partial charge in [-0.15, -0.1) is 0 Å². The fraction of sp³-hybridized carbons (Fsp3) is 1.00.